The Morgan fingerprint density at radius 2 is 2.13 bits per heavy atom. The summed E-state index contributed by atoms with van der Waals surface area (Å²) in [6.07, 6.45) is 6.78. The van der Waals surface area contributed by atoms with Crippen molar-refractivity contribution in [3.05, 3.63) is 53.7 Å². The Bertz CT molecular complexity index is 1150. The van der Waals surface area contributed by atoms with Gasteiger partial charge in [-0.15, -0.1) is 0 Å². The maximum absolute atomic E-state index is 12.1. The third-order valence-electron chi connectivity index (χ3n) is 4.75. The average molecular weight is 407 g/mol. The lowest BCUT2D eigenvalue weighted by molar-refractivity contribution is -0.143. The Kier molecular flexibility index (Phi) is 5.73. The van der Waals surface area contributed by atoms with Crippen LogP contribution in [0.25, 0.3) is 17.2 Å². The number of aryl methyl sites for hydroxylation is 3. The molecule has 0 aliphatic rings. The van der Waals surface area contributed by atoms with Gasteiger partial charge in [0.15, 0.2) is 0 Å². The van der Waals surface area contributed by atoms with E-state index >= 15 is 0 Å². The molecule has 0 saturated carbocycles. The van der Waals surface area contributed by atoms with Gasteiger partial charge in [0.05, 0.1) is 6.61 Å². The molecule has 0 aliphatic heterocycles. The SMILES string of the molecule is Cc1nc2ncnn2c(C)c1CCC(=O)OCCCc1nc(-c2cccnc2)no1. The number of fused-ring (bicyclic) bond motifs is 1. The summed E-state index contributed by atoms with van der Waals surface area (Å²) in [7, 11) is 0. The van der Waals surface area contributed by atoms with E-state index in [-0.39, 0.29) is 12.4 Å². The van der Waals surface area contributed by atoms with Crippen molar-refractivity contribution in [3.8, 4) is 11.4 Å². The van der Waals surface area contributed by atoms with Gasteiger partial charge in [0.25, 0.3) is 5.78 Å². The Morgan fingerprint density at radius 3 is 2.97 bits per heavy atom. The van der Waals surface area contributed by atoms with Crippen molar-refractivity contribution < 1.29 is 14.1 Å². The van der Waals surface area contributed by atoms with Crippen LogP contribution in [0.2, 0.25) is 0 Å². The summed E-state index contributed by atoms with van der Waals surface area (Å²) in [5, 5.41) is 8.11. The summed E-state index contributed by atoms with van der Waals surface area (Å²) in [6, 6.07) is 3.68. The minimum Gasteiger partial charge on any atom is -0.466 e. The summed E-state index contributed by atoms with van der Waals surface area (Å²) in [5.41, 5.74) is 3.56. The molecule has 0 unspecified atom stereocenters. The van der Waals surface area contributed by atoms with Crippen molar-refractivity contribution in [3.63, 3.8) is 0 Å². The van der Waals surface area contributed by atoms with Crippen LogP contribution in [0.5, 0.6) is 0 Å². The van der Waals surface area contributed by atoms with Crippen molar-refractivity contribution in [1.29, 1.82) is 0 Å². The van der Waals surface area contributed by atoms with Crippen LogP contribution in [-0.4, -0.2) is 47.3 Å². The molecule has 4 aromatic heterocycles. The Morgan fingerprint density at radius 1 is 1.23 bits per heavy atom. The summed E-state index contributed by atoms with van der Waals surface area (Å²) in [4.78, 5) is 29.0. The maximum Gasteiger partial charge on any atom is 0.306 e. The van der Waals surface area contributed by atoms with Crippen LogP contribution in [0.3, 0.4) is 0 Å². The molecule has 0 bridgehead atoms. The standard InChI is InChI=1S/C20H21N7O3/c1-13-16(14(2)27-20(24-13)22-12-23-27)7-8-18(28)29-10-4-6-17-25-19(26-30-17)15-5-3-9-21-11-15/h3,5,9,11-12H,4,6-8,10H2,1-2H3. The van der Waals surface area contributed by atoms with Gasteiger partial charge in [0, 0.05) is 42.2 Å². The van der Waals surface area contributed by atoms with Gasteiger partial charge in [-0.05, 0) is 44.4 Å². The van der Waals surface area contributed by atoms with E-state index in [0.29, 0.717) is 43.4 Å². The van der Waals surface area contributed by atoms with Crippen molar-refractivity contribution in [2.24, 2.45) is 0 Å². The molecule has 0 N–H and O–H groups in total. The van der Waals surface area contributed by atoms with E-state index in [1.165, 1.54) is 6.33 Å². The number of carbonyl (C=O) groups excluding carboxylic acids is 1. The van der Waals surface area contributed by atoms with Gasteiger partial charge >= 0.3 is 5.97 Å². The number of rotatable bonds is 8. The van der Waals surface area contributed by atoms with E-state index < -0.39 is 0 Å². The monoisotopic (exact) mass is 407 g/mol. The first-order valence-corrected chi connectivity index (χ1v) is 9.66. The molecule has 30 heavy (non-hydrogen) atoms. The average Bonchev–Trinajstić information content (AvgIpc) is 3.41. The van der Waals surface area contributed by atoms with Crippen LogP contribution >= 0.6 is 0 Å². The highest BCUT2D eigenvalue weighted by molar-refractivity contribution is 5.69. The first-order valence-electron chi connectivity index (χ1n) is 9.66. The highest BCUT2D eigenvalue weighted by atomic mass is 16.5. The van der Waals surface area contributed by atoms with Crippen LogP contribution in [0.4, 0.5) is 0 Å². The fraction of sp³-hybridized carbons (Fsp3) is 0.350. The van der Waals surface area contributed by atoms with Gasteiger partial charge in [0.1, 0.15) is 6.33 Å². The van der Waals surface area contributed by atoms with Crippen molar-refractivity contribution in [2.45, 2.75) is 39.5 Å². The topological polar surface area (TPSA) is 121 Å². The molecule has 10 heteroatoms. The number of aromatic nitrogens is 7. The van der Waals surface area contributed by atoms with Gasteiger partial charge in [-0.1, -0.05) is 5.16 Å². The minimum atomic E-state index is -0.255. The van der Waals surface area contributed by atoms with Gasteiger partial charge in [-0.3, -0.25) is 9.78 Å². The second kappa shape index (κ2) is 8.76. The molecule has 0 aliphatic carbocycles. The van der Waals surface area contributed by atoms with E-state index in [0.717, 1.165) is 22.5 Å². The van der Waals surface area contributed by atoms with Crippen molar-refractivity contribution in [2.75, 3.05) is 6.61 Å². The van der Waals surface area contributed by atoms with Crippen LogP contribution in [0, 0.1) is 13.8 Å². The van der Waals surface area contributed by atoms with Gasteiger partial charge in [0.2, 0.25) is 11.7 Å². The number of pyridine rings is 1. The molecule has 0 amide bonds. The second-order valence-electron chi connectivity index (χ2n) is 6.81. The van der Waals surface area contributed by atoms with Gasteiger partial charge < -0.3 is 9.26 Å². The highest BCUT2D eigenvalue weighted by Gasteiger charge is 2.13. The quantitative estimate of drug-likeness (QED) is 0.320. The Labute approximate surface area is 172 Å². The van der Waals surface area contributed by atoms with Crippen LogP contribution in [-0.2, 0) is 22.4 Å². The highest BCUT2D eigenvalue weighted by Crippen LogP contribution is 2.16. The van der Waals surface area contributed by atoms with E-state index in [4.69, 9.17) is 9.26 Å². The van der Waals surface area contributed by atoms with E-state index in [1.807, 2.05) is 26.0 Å². The molecule has 4 heterocycles. The largest absolute Gasteiger partial charge is 0.466 e. The Balaban J connectivity index is 1.23. The summed E-state index contributed by atoms with van der Waals surface area (Å²) < 4.78 is 12.3. The molecule has 0 spiro atoms. The lowest BCUT2D eigenvalue weighted by atomic mass is 10.1. The Hall–Kier alpha value is -3.69. The molecule has 10 nitrogen and oxygen atoms in total. The second-order valence-corrected chi connectivity index (χ2v) is 6.81. The zero-order chi connectivity index (χ0) is 20.9. The minimum absolute atomic E-state index is 0.255. The number of hydrogen-bond donors (Lipinski definition) is 0. The predicted octanol–water partition coefficient (Wildman–Crippen LogP) is 2.29. The molecular formula is C20H21N7O3. The van der Waals surface area contributed by atoms with Crippen LogP contribution < -0.4 is 0 Å². The third-order valence-corrected chi connectivity index (χ3v) is 4.75. The smallest absolute Gasteiger partial charge is 0.306 e. The van der Waals surface area contributed by atoms with E-state index in [1.54, 1.807) is 16.9 Å². The molecule has 0 atom stereocenters. The van der Waals surface area contributed by atoms with Crippen LogP contribution in [0.1, 0.15) is 35.7 Å². The number of carbonyl (C=O) groups is 1. The fourth-order valence-electron chi connectivity index (χ4n) is 3.19. The fourth-order valence-corrected chi connectivity index (χ4v) is 3.19. The van der Waals surface area contributed by atoms with Crippen molar-refractivity contribution in [1.82, 2.24) is 34.7 Å². The first kappa shape index (κ1) is 19.6. The van der Waals surface area contributed by atoms with Crippen molar-refractivity contribution >= 4 is 11.7 Å². The summed E-state index contributed by atoms with van der Waals surface area (Å²) in [5.74, 6) is 1.31. The molecule has 4 aromatic rings. The summed E-state index contributed by atoms with van der Waals surface area (Å²) in [6.45, 7) is 4.15. The molecule has 154 valence electrons. The van der Waals surface area contributed by atoms with E-state index in [2.05, 4.69) is 30.2 Å². The van der Waals surface area contributed by atoms with Gasteiger partial charge in [-0.25, -0.2) is 9.50 Å². The number of hydrogen-bond acceptors (Lipinski definition) is 9. The van der Waals surface area contributed by atoms with Gasteiger partial charge in [-0.2, -0.15) is 15.1 Å². The maximum atomic E-state index is 12.1. The number of esters is 1. The lowest BCUT2D eigenvalue weighted by Crippen LogP contribution is -2.11. The van der Waals surface area contributed by atoms with E-state index in [9.17, 15) is 4.79 Å². The normalized spacial score (nSPS) is 11.1. The molecule has 0 saturated heterocycles. The number of nitrogens with zero attached hydrogens (tertiary/aromatic N) is 7. The third kappa shape index (κ3) is 4.32. The summed E-state index contributed by atoms with van der Waals surface area (Å²) >= 11 is 0. The molecule has 0 fully saturated rings. The number of ether oxygens (including phenoxy) is 1. The lowest BCUT2D eigenvalue weighted by Gasteiger charge is -2.10. The zero-order valence-corrected chi connectivity index (χ0v) is 16.8. The molecule has 0 aromatic carbocycles. The molecule has 4 rings (SSSR count). The predicted molar refractivity (Wildman–Crippen MR) is 105 cm³/mol. The zero-order valence-electron chi connectivity index (χ0n) is 16.8. The first-order chi connectivity index (χ1) is 14.6. The molecule has 0 radical (unpaired) electrons. The molecular weight excluding hydrogens is 386 g/mol. The van der Waals surface area contributed by atoms with Crippen LogP contribution in [0.15, 0.2) is 35.4 Å².